The molecule has 0 saturated carbocycles. The van der Waals surface area contributed by atoms with Crippen LogP contribution in [0.15, 0.2) is 47.5 Å². The number of rotatable bonds is 14. The van der Waals surface area contributed by atoms with Crippen LogP contribution in [0.5, 0.6) is 0 Å². The average molecular weight is 635 g/mol. The molecule has 5 atom stereocenters. The number of nitrogens with two attached hydrogens (primary N) is 1. The molecule has 1 aliphatic heterocycles. The van der Waals surface area contributed by atoms with Gasteiger partial charge < -0.3 is 30.7 Å². The van der Waals surface area contributed by atoms with Gasteiger partial charge in [-0.15, -0.1) is 5.10 Å². The SMILES string of the molecule is CCC(CC)(CC1OC(n2cc(Cc3cn(Cc4ccccc4)nn3)c(N)nc2=O)C(O)C1O)OP(=O)(O)C(O)(CC)CC. The highest BCUT2D eigenvalue weighted by Crippen LogP contribution is 2.61. The van der Waals surface area contributed by atoms with E-state index in [1.807, 2.05) is 30.3 Å². The Hall–Kier alpha value is -2.97. The highest BCUT2D eigenvalue weighted by Gasteiger charge is 2.52. The summed E-state index contributed by atoms with van der Waals surface area (Å²) in [6.07, 6.45) is -1.59. The zero-order chi connectivity index (χ0) is 32.3. The van der Waals surface area contributed by atoms with Gasteiger partial charge in [0.05, 0.1) is 23.9 Å². The van der Waals surface area contributed by atoms with Crippen LogP contribution in [0.3, 0.4) is 0 Å². The number of ether oxygens (including phenoxy) is 1. The number of aliphatic hydroxyl groups is 3. The van der Waals surface area contributed by atoms with Crippen molar-refractivity contribution in [1.82, 2.24) is 24.5 Å². The van der Waals surface area contributed by atoms with E-state index in [0.717, 1.165) is 10.1 Å². The van der Waals surface area contributed by atoms with Crippen LogP contribution in [-0.4, -0.2) is 74.0 Å². The summed E-state index contributed by atoms with van der Waals surface area (Å²) in [5.74, 6) is -0.0177. The second-order valence-electron chi connectivity index (χ2n) is 11.4. The first-order chi connectivity index (χ1) is 20.8. The summed E-state index contributed by atoms with van der Waals surface area (Å²) in [6.45, 7) is 7.23. The fraction of sp³-hybridized carbons (Fsp3) is 0.586. The Morgan fingerprint density at radius 2 is 1.70 bits per heavy atom. The number of hydrogen-bond donors (Lipinski definition) is 5. The summed E-state index contributed by atoms with van der Waals surface area (Å²) < 4.78 is 27.8. The molecule has 0 amide bonds. The number of aromatic nitrogens is 5. The molecule has 0 bridgehead atoms. The van der Waals surface area contributed by atoms with Crippen LogP contribution in [0.1, 0.15) is 82.8 Å². The molecule has 44 heavy (non-hydrogen) atoms. The van der Waals surface area contributed by atoms with Crippen molar-refractivity contribution in [1.29, 1.82) is 0 Å². The molecular formula is C29H43N6O8P. The first-order valence-electron chi connectivity index (χ1n) is 14.9. The van der Waals surface area contributed by atoms with E-state index in [2.05, 4.69) is 15.3 Å². The zero-order valence-corrected chi connectivity index (χ0v) is 26.4. The van der Waals surface area contributed by atoms with Gasteiger partial charge in [0.25, 0.3) is 0 Å². The van der Waals surface area contributed by atoms with E-state index in [-0.39, 0.29) is 44.3 Å². The molecule has 1 aromatic carbocycles. The summed E-state index contributed by atoms with van der Waals surface area (Å²) in [5, 5.41) is 39.2. The van der Waals surface area contributed by atoms with Crippen molar-refractivity contribution in [2.24, 2.45) is 0 Å². The van der Waals surface area contributed by atoms with Crippen molar-refractivity contribution >= 4 is 13.4 Å². The van der Waals surface area contributed by atoms with Crippen molar-refractivity contribution in [2.45, 2.75) is 108 Å². The second kappa shape index (κ2) is 13.6. The maximum atomic E-state index is 13.2. The molecule has 1 saturated heterocycles. The average Bonchev–Trinajstić information content (AvgIpc) is 3.56. The molecule has 3 aromatic rings. The molecule has 5 unspecified atom stereocenters. The van der Waals surface area contributed by atoms with Crippen LogP contribution in [0.4, 0.5) is 5.82 Å². The number of benzene rings is 1. The smallest absolute Gasteiger partial charge is 0.359 e. The molecule has 14 nitrogen and oxygen atoms in total. The van der Waals surface area contributed by atoms with Crippen LogP contribution in [0.25, 0.3) is 0 Å². The van der Waals surface area contributed by atoms with Gasteiger partial charge in [0.2, 0.25) is 0 Å². The van der Waals surface area contributed by atoms with E-state index in [1.165, 1.54) is 6.20 Å². The lowest BCUT2D eigenvalue weighted by molar-refractivity contribution is -0.0782. The third kappa shape index (κ3) is 6.96. The Morgan fingerprint density at radius 3 is 2.32 bits per heavy atom. The van der Waals surface area contributed by atoms with E-state index < -0.39 is 48.8 Å². The van der Waals surface area contributed by atoms with Gasteiger partial charge in [0.15, 0.2) is 11.6 Å². The molecule has 242 valence electrons. The Labute approximate surface area is 256 Å². The molecule has 6 N–H and O–H groups in total. The Kier molecular flexibility index (Phi) is 10.5. The van der Waals surface area contributed by atoms with Gasteiger partial charge in [-0.05, 0) is 31.2 Å². The van der Waals surface area contributed by atoms with Gasteiger partial charge in [-0.3, -0.25) is 13.7 Å². The minimum atomic E-state index is -4.54. The summed E-state index contributed by atoms with van der Waals surface area (Å²) in [6, 6.07) is 9.75. The van der Waals surface area contributed by atoms with Gasteiger partial charge in [-0.2, -0.15) is 4.98 Å². The van der Waals surface area contributed by atoms with Crippen LogP contribution >= 0.6 is 7.60 Å². The second-order valence-corrected chi connectivity index (χ2v) is 13.4. The number of aliphatic hydroxyl groups excluding tert-OH is 2. The monoisotopic (exact) mass is 634 g/mol. The maximum absolute atomic E-state index is 13.2. The molecule has 2 aromatic heterocycles. The van der Waals surface area contributed by atoms with Gasteiger partial charge >= 0.3 is 13.3 Å². The third-order valence-corrected chi connectivity index (χ3v) is 11.0. The van der Waals surface area contributed by atoms with Crippen LogP contribution < -0.4 is 11.4 Å². The molecule has 0 aliphatic carbocycles. The Morgan fingerprint density at radius 1 is 1.05 bits per heavy atom. The molecule has 0 radical (unpaired) electrons. The predicted octanol–water partition coefficient (Wildman–Crippen LogP) is 2.33. The number of nitrogens with zero attached hydrogens (tertiary/aromatic N) is 5. The van der Waals surface area contributed by atoms with E-state index in [0.29, 0.717) is 17.8 Å². The number of hydrogen-bond acceptors (Lipinski definition) is 11. The molecule has 1 fully saturated rings. The Balaban J connectivity index is 1.54. The molecular weight excluding hydrogens is 591 g/mol. The molecule has 15 heteroatoms. The lowest BCUT2D eigenvalue weighted by Crippen LogP contribution is -2.42. The van der Waals surface area contributed by atoms with Gasteiger partial charge in [-0.1, -0.05) is 63.2 Å². The van der Waals surface area contributed by atoms with Crippen molar-refractivity contribution in [3.05, 3.63) is 70.0 Å². The molecule has 0 spiro atoms. The summed E-state index contributed by atoms with van der Waals surface area (Å²) in [5.41, 5.74) is 6.07. The summed E-state index contributed by atoms with van der Waals surface area (Å²) >= 11 is 0. The number of nitrogen functional groups attached to an aromatic ring is 1. The van der Waals surface area contributed by atoms with E-state index in [4.69, 9.17) is 15.0 Å². The van der Waals surface area contributed by atoms with Gasteiger partial charge in [-0.25, -0.2) is 9.48 Å². The summed E-state index contributed by atoms with van der Waals surface area (Å²) in [4.78, 5) is 27.6. The van der Waals surface area contributed by atoms with Crippen molar-refractivity contribution in [2.75, 3.05) is 5.73 Å². The van der Waals surface area contributed by atoms with E-state index in [9.17, 15) is 29.6 Å². The third-order valence-electron chi connectivity index (χ3n) is 8.66. The normalized spacial score (nSPS) is 22.3. The maximum Gasteiger partial charge on any atom is 0.359 e. The lowest BCUT2D eigenvalue weighted by Gasteiger charge is -2.40. The molecule has 4 rings (SSSR count). The van der Waals surface area contributed by atoms with Crippen molar-refractivity contribution in [3.8, 4) is 0 Å². The van der Waals surface area contributed by atoms with Gasteiger partial charge in [0, 0.05) is 30.8 Å². The van der Waals surface area contributed by atoms with E-state index in [1.54, 1.807) is 38.6 Å². The summed E-state index contributed by atoms with van der Waals surface area (Å²) in [7, 11) is -4.54. The number of anilines is 1. The van der Waals surface area contributed by atoms with Crippen LogP contribution in [0, 0.1) is 0 Å². The van der Waals surface area contributed by atoms with Crippen LogP contribution in [-0.2, 0) is 26.8 Å². The fourth-order valence-corrected chi connectivity index (χ4v) is 7.33. The Bertz CT molecular complexity index is 1510. The minimum Gasteiger partial charge on any atom is -0.388 e. The van der Waals surface area contributed by atoms with E-state index >= 15 is 0 Å². The van der Waals surface area contributed by atoms with Crippen LogP contribution in [0.2, 0.25) is 0 Å². The first-order valence-corrected chi connectivity index (χ1v) is 16.5. The van der Waals surface area contributed by atoms with Gasteiger partial charge in [0.1, 0.15) is 18.0 Å². The minimum absolute atomic E-state index is 0.00283. The topological polar surface area (TPSA) is 208 Å². The van der Waals surface area contributed by atoms with Crippen molar-refractivity contribution in [3.63, 3.8) is 0 Å². The highest BCUT2D eigenvalue weighted by atomic mass is 31.2. The standard InChI is InChI=1S/C29H43N6O8P/c1-5-28(6-2,43-44(40,41)29(39,7-3)8-4)15-22-23(36)24(37)26(42-22)35-17-20(25(30)31-27(35)38)14-21-18-34(33-32-21)16-19-12-10-9-11-13-19/h9-13,17-18,22-24,26,36-37,39H,5-8,14-16H2,1-4H3,(H,40,41)(H2,30,31,38). The lowest BCUT2D eigenvalue weighted by atomic mass is 9.88. The fourth-order valence-electron chi connectivity index (χ4n) is 5.50. The molecule has 1 aliphatic rings. The predicted molar refractivity (Wildman–Crippen MR) is 162 cm³/mol. The quantitative estimate of drug-likeness (QED) is 0.162. The zero-order valence-electron chi connectivity index (χ0n) is 25.5. The van der Waals surface area contributed by atoms with Crippen molar-refractivity contribution < 1.29 is 34.0 Å². The largest absolute Gasteiger partial charge is 0.388 e. The highest BCUT2D eigenvalue weighted by molar-refractivity contribution is 7.54. The first kappa shape index (κ1) is 33.9. The molecule has 3 heterocycles.